The average Bonchev–Trinajstić information content (AvgIpc) is 2.83. The molecule has 2 aliphatic rings. The summed E-state index contributed by atoms with van der Waals surface area (Å²) in [5.41, 5.74) is 4.94. The lowest BCUT2D eigenvalue weighted by Crippen LogP contribution is -2.35. The number of ether oxygens (including phenoxy) is 3. The standard InChI is InChI=1S/C12H17N3O5.ClH/c1-12(2)19-8-6(5-16)18-10(9(8)20-12)15-4-3-7(13)14-11(15)17;/h3-4,6,8-10,16H,5H2,1-2H3,(H2,13,14,17);1H/t6-,8-,9-,10-;/m1./s1. The summed E-state index contributed by atoms with van der Waals surface area (Å²) < 4.78 is 18.5. The zero-order chi connectivity index (χ0) is 14.5. The van der Waals surface area contributed by atoms with E-state index in [1.54, 1.807) is 13.8 Å². The Labute approximate surface area is 127 Å². The fraction of sp³-hybridized carbons (Fsp3) is 0.667. The van der Waals surface area contributed by atoms with Gasteiger partial charge in [-0.3, -0.25) is 4.57 Å². The number of rotatable bonds is 2. The number of nitrogen functional groups attached to an aromatic ring is 1. The second-order valence-corrected chi connectivity index (χ2v) is 5.35. The molecule has 0 bridgehead atoms. The Kier molecular flexibility index (Phi) is 4.27. The molecule has 2 saturated heterocycles. The van der Waals surface area contributed by atoms with Crippen molar-refractivity contribution < 1.29 is 19.3 Å². The van der Waals surface area contributed by atoms with Crippen LogP contribution >= 0.6 is 12.4 Å². The Morgan fingerprint density at radius 3 is 2.71 bits per heavy atom. The first-order chi connectivity index (χ1) is 9.41. The quantitative estimate of drug-likeness (QED) is 0.767. The van der Waals surface area contributed by atoms with Gasteiger partial charge < -0.3 is 25.1 Å². The number of nitrogens with zero attached hydrogens (tertiary/aromatic N) is 2. The molecule has 21 heavy (non-hydrogen) atoms. The van der Waals surface area contributed by atoms with E-state index in [0.29, 0.717) is 0 Å². The second kappa shape index (κ2) is 5.54. The van der Waals surface area contributed by atoms with Crippen molar-refractivity contribution in [3.8, 4) is 0 Å². The number of hydrogen-bond acceptors (Lipinski definition) is 7. The van der Waals surface area contributed by atoms with Crippen LogP contribution in [-0.4, -0.2) is 45.4 Å². The molecule has 118 valence electrons. The summed E-state index contributed by atoms with van der Waals surface area (Å²) in [6, 6.07) is 1.51. The minimum atomic E-state index is -0.782. The SMILES string of the molecule is CC1(C)O[C@@H]2[C@H](O1)[C@@H](CO)O[C@H]2n1ccc(N)nc1=O.Cl. The number of aliphatic hydroxyl groups excluding tert-OH is 1. The smallest absolute Gasteiger partial charge is 0.351 e. The molecular formula is C12H18ClN3O5. The molecule has 0 aromatic carbocycles. The molecular weight excluding hydrogens is 302 g/mol. The Morgan fingerprint density at radius 2 is 2.10 bits per heavy atom. The van der Waals surface area contributed by atoms with Gasteiger partial charge in [-0.1, -0.05) is 0 Å². The number of aliphatic hydroxyl groups is 1. The monoisotopic (exact) mass is 319 g/mol. The number of fused-ring (bicyclic) bond motifs is 1. The fourth-order valence-corrected chi connectivity index (χ4v) is 2.65. The highest BCUT2D eigenvalue weighted by Crippen LogP contribution is 2.42. The molecule has 3 heterocycles. The highest BCUT2D eigenvalue weighted by Gasteiger charge is 2.55. The van der Waals surface area contributed by atoms with Crippen LogP contribution in [0, 0.1) is 0 Å². The summed E-state index contributed by atoms with van der Waals surface area (Å²) in [4.78, 5) is 15.6. The van der Waals surface area contributed by atoms with E-state index in [2.05, 4.69) is 4.98 Å². The minimum absolute atomic E-state index is 0. The molecule has 2 aliphatic heterocycles. The van der Waals surface area contributed by atoms with Crippen molar-refractivity contribution in [2.24, 2.45) is 0 Å². The number of hydrogen-bond donors (Lipinski definition) is 2. The maximum atomic E-state index is 11.9. The molecule has 3 N–H and O–H groups in total. The van der Waals surface area contributed by atoms with E-state index in [4.69, 9.17) is 19.9 Å². The number of halogens is 1. The van der Waals surface area contributed by atoms with Gasteiger partial charge in [-0.2, -0.15) is 4.98 Å². The summed E-state index contributed by atoms with van der Waals surface area (Å²) in [6.07, 6.45) is -0.647. The summed E-state index contributed by atoms with van der Waals surface area (Å²) in [7, 11) is 0. The predicted octanol–water partition coefficient (Wildman–Crippen LogP) is -0.343. The molecule has 2 fully saturated rings. The topological polar surface area (TPSA) is 109 Å². The number of aromatic nitrogens is 2. The van der Waals surface area contributed by atoms with Crippen molar-refractivity contribution in [3.05, 3.63) is 22.7 Å². The van der Waals surface area contributed by atoms with Gasteiger partial charge in [0.05, 0.1) is 6.61 Å². The van der Waals surface area contributed by atoms with Gasteiger partial charge in [0.2, 0.25) is 0 Å². The van der Waals surface area contributed by atoms with Gasteiger partial charge in [0, 0.05) is 6.20 Å². The van der Waals surface area contributed by atoms with Gasteiger partial charge in [-0.15, -0.1) is 12.4 Å². The third-order valence-electron chi connectivity index (χ3n) is 3.43. The largest absolute Gasteiger partial charge is 0.394 e. The molecule has 0 saturated carbocycles. The Morgan fingerprint density at radius 1 is 1.43 bits per heavy atom. The molecule has 1 aromatic rings. The van der Waals surface area contributed by atoms with Crippen molar-refractivity contribution in [2.75, 3.05) is 12.3 Å². The van der Waals surface area contributed by atoms with Crippen LogP contribution in [0.3, 0.4) is 0 Å². The van der Waals surface area contributed by atoms with Crippen LogP contribution < -0.4 is 11.4 Å². The third-order valence-corrected chi connectivity index (χ3v) is 3.43. The molecule has 8 nitrogen and oxygen atoms in total. The molecule has 0 unspecified atom stereocenters. The van der Waals surface area contributed by atoms with Crippen LogP contribution in [-0.2, 0) is 14.2 Å². The first kappa shape index (κ1) is 16.2. The molecule has 0 amide bonds. The van der Waals surface area contributed by atoms with E-state index in [-0.39, 0.29) is 24.8 Å². The Balaban J connectivity index is 0.00000161. The molecule has 3 rings (SSSR count). The van der Waals surface area contributed by atoms with Crippen LogP contribution in [0.2, 0.25) is 0 Å². The van der Waals surface area contributed by atoms with E-state index in [1.807, 2.05) is 0 Å². The van der Waals surface area contributed by atoms with Gasteiger partial charge in [0.15, 0.2) is 12.0 Å². The average molecular weight is 320 g/mol. The van der Waals surface area contributed by atoms with E-state index in [9.17, 15) is 9.90 Å². The van der Waals surface area contributed by atoms with Crippen molar-refractivity contribution in [1.82, 2.24) is 9.55 Å². The van der Waals surface area contributed by atoms with E-state index in [1.165, 1.54) is 16.8 Å². The first-order valence-electron chi connectivity index (χ1n) is 6.38. The van der Waals surface area contributed by atoms with Crippen molar-refractivity contribution in [3.63, 3.8) is 0 Å². The zero-order valence-corrected chi connectivity index (χ0v) is 12.4. The summed E-state index contributed by atoms with van der Waals surface area (Å²) in [5, 5.41) is 9.38. The highest BCUT2D eigenvalue weighted by molar-refractivity contribution is 5.85. The lowest BCUT2D eigenvalue weighted by Gasteiger charge is -2.24. The minimum Gasteiger partial charge on any atom is -0.394 e. The molecule has 9 heteroatoms. The molecule has 1 aromatic heterocycles. The van der Waals surface area contributed by atoms with Crippen LogP contribution in [0.25, 0.3) is 0 Å². The number of nitrogens with two attached hydrogens (primary N) is 1. The molecule has 4 atom stereocenters. The van der Waals surface area contributed by atoms with E-state index in [0.717, 1.165) is 0 Å². The van der Waals surface area contributed by atoms with Gasteiger partial charge in [-0.05, 0) is 19.9 Å². The first-order valence-corrected chi connectivity index (χ1v) is 6.38. The number of anilines is 1. The Hall–Kier alpha value is -1.19. The lowest BCUT2D eigenvalue weighted by molar-refractivity contribution is -0.200. The third kappa shape index (κ3) is 2.77. The molecule has 0 spiro atoms. The highest BCUT2D eigenvalue weighted by atomic mass is 35.5. The van der Waals surface area contributed by atoms with Gasteiger partial charge in [0.1, 0.15) is 24.1 Å². The molecule has 0 radical (unpaired) electrons. The molecule has 0 aliphatic carbocycles. The predicted molar refractivity (Wildman–Crippen MR) is 75.0 cm³/mol. The maximum Gasteiger partial charge on any atom is 0.351 e. The zero-order valence-electron chi connectivity index (χ0n) is 11.6. The van der Waals surface area contributed by atoms with Crippen LogP contribution in [0.1, 0.15) is 20.1 Å². The maximum absolute atomic E-state index is 11.9. The summed E-state index contributed by atoms with van der Waals surface area (Å²) in [6.45, 7) is 3.34. The van der Waals surface area contributed by atoms with Crippen molar-refractivity contribution >= 4 is 18.2 Å². The summed E-state index contributed by atoms with van der Waals surface area (Å²) in [5.74, 6) is -0.640. The lowest BCUT2D eigenvalue weighted by atomic mass is 10.1. The van der Waals surface area contributed by atoms with Crippen LogP contribution in [0.5, 0.6) is 0 Å². The van der Waals surface area contributed by atoms with E-state index < -0.39 is 36.0 Å². The normalized spacial score (nSPS) is 33.5. The van der Waals surface area contributed by atoms with Crippen molar-refractivity contribution in [2.45, 2.75) is 44.2 Å². The summed E-state index contributed by atoms with van der Waals surface area (Å²) >= 11 is 0. The van der Waals surface area contributed by atoms with Crippen LogP contribution in [0.4, 0.5) is 5.82 Å². The Bertz CT molecular complexity index is 578. The van der Waals surface area contributed by atoms with Gasteiger partial charge in [0.25, 0.3) is 0 Å². The van der Waals surface area contributed by atoms with Crippen LogP contribution in [0.15, 0.2) is 17.1 Å². The van der Waals surface area contributed by atoms with Crippen molar-refractivity contribution in [1.29, 1.82) is 0 Å². The second-order valence-electron chi connectivity index (χ2n) is 5.35. The fourth-order valence-electron chi connectivity index (χ4n) is 2.65. The van der Waals surface area contributed by atoms with Gasteiger partial charge in [-0.25, -0.2) is 4.79 Å². The van der Waals surface area contributed by atoms with Gasteiger partial charge >= 0.3 is 5.69 Å². The van der Waals surface area contributed by atoms with E-state index >= 15 is 0 Å².